The molecular formula is C10H4Br2F9NS. The number of hydrogen-bond donors (Lipinski definition) is 1. The van der Waals surface area contributed by atoms with Gasteiger partial charge in [0.1, 0.15) is 0 Å². The third-order valence-corrected chi connectivity index (χ3v) is 4.49. The van der Waals surface area contributed by atoms with Crippen molar-refractivity contribution in [3.63, 3.8) is 0 Å². The lowest BCUT2D eigenvalue weighted by Crippen LogP contribution is -2.49. The summed E-state index contributed by atoms with van der Waals surface area (Å²) in [6, 6.07) is 0.235. The molecule has 0 aromatic heterocycles. The second-order valence-electron chi connectivity index (χ2n) is 4.07. The van der Waals surface area contributed by atoms with Crippen LogP contribution >= 0.6 is 43.6 Å². The van der Waals surface area contributed by atoms with Crippen LogP contribution in [0.25, 0.3) is 0 Å². The molecule has 2 N–H and O–H groups in total. The normalized spacial score (nSPS) is 16.3. The summed E-state index contributed by atoms with van der Waals surface area (Å²) in [7, 11) is 0. The Morgan fingerprint density at radius 3 is 1.74 bits per heavy atom. The molecule has 23 heavy (non-hydrogen) atoms. The fraction of sp³-hybridized carbons (Fsp3) is 0.400. The predicted octanol–water partition coefficient (Wildman–Crippen LogP) is 6.36. The van der Waals surface area contributed by atoms with Gasteiger partial charge in [0.25, 0.3) is 0 Å². The second kappa shape index (κ2) is 6.21. The molecule has 13 heteroatoms. The molecule has 0 fully saturated rings. The average molecular weight is 501 g/mol. The summed E-state index contributed by atoms with van der Waals surface area (Å²) < 4.78 is 116. The summed E-state index contributed by atoms with van der Waals surface area (Å²) in [5, 5.41) is 0. The van der Waals surface area contributed by atoms with E-state index in [2.05, 4.69) is 15.9 Å². The molecule has 1 atom stereocenters. The number of alkyl halides is 10. The van der Waals surface area contributed by atoms with Gasteiger partial charge < -0.3 is 5.73 Å². The van der Waals surface area contributed by atoms with Gasteiger partial charge in [-0.15, -0.1) is 0 Å². The van der Waals surface area contributed by atoms with Crippen LogP contribution in [0.4, 0.5) is 45.2 Å². The Balaban J connectivity index is 3.64. The molecule has 0 amide bonds. The molecule has 1 nitrogen and oxygen atoms in total. The summed E-state index contributed by atoms with van der Waals surface area (Å²) in [5.41, 5.74) is -7.39. The number of benzene rings is 1. The lowest BCUT2D eigenvalue weighted by molar-refractivity contribution is -0.282. The van der Waals surface area contributed by atoms with E-state index in [1.807, 2.05) is 0 Å². The number of anilines is 1. The van der Waals surface area contributed by atoms with Crippen molar-refractivity contribution in [3.05, 3.63) is 22.2 Å². The Morgan fingerprint density at radius 2 is 1.39 bits per heavy atom. The topological polar surface area (TPSA) is 26.0 Å². The number of hydrogen-bond acceptors (Lipinski definition) is 2. The molecular weight excluding hydrogens is 497 g/mol. The lowest BCUT2D eigenvalue weighted by atomic mass is 9.95. The van der Waals surface area contributed by atoms with E-state index in [9.17, 15) is 39.5 Å². The smallest absolute Gasteiger partial charge is 0.397 e. The molecule has 1 rings (SSSR count). The molecule has 0 radical (unpaired) electrons. The molecule has 0 aliphatic heterocycles. The summed E-state index contributed by atoms with van der Waals surface area (Å²) in [4.78, 5) is -6.18. The summed E-state index contributed by atoms with van der Waals surface area (Å²) in [5.74, 6) is 0. The molecule has 1 aromatic rings. The molecule has 1 unspecified atom stereocenters. The van der Waals surface area contributed by atoms with Gasteiger partial charge in [-0.25, -0.2) is 4.39 Å². The van der Waals surface area contributed by atoms with Crippen molar-refractivity contribution >= 4 is 49.3 Å². The molecule has 0 spiro atoms. The zero-order valence-electron chi connectivity index (χ0n) is 10.3. The van der Waals surface area contributed by atoms with Crippen molar-refractivity contribution < 1.29 is 39.5 Å². The van der Waals surface area contributed by atoms with E-state index < -0.39 is 54.6 Å². The van der Waals surface area contributed by atoms with E-state index >= 15 is 0 Å². The highest BCUT2D eigenvalue weighted by Gasteiger charge is 2.71. The van der Waals surface area contributed by atoms with Crippen LogP contribution in [0.2, 0.25) is 0 Å². The van der Waals surface area contributed by atoms with Crippen LogP contribution in [-0.4, -0.2) is 16.5 Å². The van der Waals surface area contributed by atoms with Crippen LogP contribution in [0.1, 0.15) is 5.56 Å². The Morgan fingerprint density at radius 1 is 0.913 bits per heavy atom. The van der Waals surface area contributed by atoms with Crippen LogP contribution in [0.15, 0.2) is 21.5 Å². The molecule has 0 heterocycles. The monoisotopic (exact) mass is 499 g/mol. The molecule has 0 saturated carbocycles. The Bertz CT molecular complexity index is 580. The van der Waals surface area contributed by atoms with E-state index in [-0.39, 0.29) is 12.1 Å². The largest absolute Gasteiger partial charge is 0.446 e. The minimum absolute atomic E-state index is 0.0130. The standard InChI is InChI=1S/C10H4Br2F9NS/c11-4-1-3(2-5(6(4)22)23-10(19,20)21)7(13,8(12,14)15)9(16,17)18/h1-2H,22H2. The van der Waals surface area contributed by atoms with E-state index in [1.54, 1.807) is 0 Å². The third kappa shape index (κ3) is 4.21. The van der Waals surface area contributed by atoms with Crippen LogP contribution in [0.5, 0.6) is 0 Å². The highest BCUT2D eigenvalue weighted by Crippen LogP contribution is 2.56. The van der Waals surface area contributed by atoms with Crippen LogP contribution in [-0.2, 0) is 5.67 Å². The minimum atomic E-state index is -6.12. The molecule has 0 aliphatic carbocycles. The fourth-order valence-electron chi connectivity index (χ4n) is 1.49. The number of thioether (sulfide) groups is 1. The molecule has 0 aliphatic rings. The van der Waals surface area contributed by atoms with Gasteiger partial charge in [0.2, 0.25) is 0 Å². The second-order valence-corrected chi connectivity index (χ2v) is 7.03. The van der Waals surface area contributed by atoms with Gasteiger partial charge >= 0.3 is 22.2 Å². The first-order valence-electron chi connectivity index (χ1n) is 5.18. The van der Waals surface area contributed by atoms with Crippen LogP contribution < -0.4 is 5.73 Å². The first kappa shape index (κ1) is 20.7. The zero-order chi connectivity index (χ0) is 18.4. The van der Waals surface area contributed by atoms with Crippen molar-refractivity contribution in [1.82, 2.24) is 0 Å². The van der Waals surface area contributed by atoms with Crippen molar-refractivity contribution in [3.8, 4) is 0 Å². The lowest BCUT2D eigenvalue weighted by Gasteiger charge is -2.32. The summed E-state index contributed by atoms with van der Waals surface area (Å²) in [6.45, 7) is 0. The van der Waals surface area contributed by atoms with Gasteiger partial charge in [-0.2, -0.15) is 35.1 Å². The molecule has 0 saturated heterocycles. The first-order chi connectivity index (χ1) is 10.0. The molecule has 0 bridgehead atoms. The minimum Gasteiger partial charge on any atom is -0.397 e. The van der Waals surface area contributed by atoms with Gasteiger partial charge in [0.05, 0.1) is 5.69 Å². The van der Waals surface area contributed by atoms with Crippen LogP contribution in [0.3, 0.4) is 0 Å². The maximum absolute atomic E-state index is 14.2. The van der Waals surface area contributed by atoms with Crippen LogP contribution in [0, 0.1) is 0 Å². The predicted molar refractivity (Wildman–Crippen MR) is 73.2 cm³/mol. The van der Waals surface area contributed by atoms with Gasteiger partial charge in [0.15, 0.2) is 0 Å². The van der Waals surface area contributed by atoms with E-state index in [0.717, 1.165) is 0 Å². The number of nitrogens with two attached hydrogens (primary N) is 1. The van der Waals surface area contributed by atoms with E-state index in [4.69, 9.17) is 5.73 Å². The Kier molecular flexibility index (Phi) is 5.60. The summed E-state index contributed by atoms with van der Waals surface area (Å²) in [6.07, 6.45) is -6.12. The maximum Gasteiger partial charge on any atom is 0.446 e. The summed E-state index contributed by atoms with van der Waals surface area (Å²) >= 11 is 2.87. The number of rotatable bonds is 3. The Hall–Kier alpha value is -0.300. The first-order valence-corrected chi connectivity index (χ1v) is 7.58. The van der Waals surface area contributed by atoms with Crippen molar-refractivity contribution in [2.24, 2.45) is 0 Å². The van der Waals surface area contributed by atoms with Gasteiger partial charge in [0, 0.05) is 14.9 Å². The fourth-order valence-corrected chi connectivity index (χ4v) is 3.19. The van der Waals surface area contributed by atoms with E-state index in [1.165, 1.54) is 15.9 Å². The van der Waals surface area contributed by atoms with Gasteiger partial charge in [-0.3, -0.25) is 0 Å². The molecule has 132 valence electrons. The Labute approximate surface area is 144 Å². The van der Waals surface area contributed by atoms with Crippen molar-refractivity contribution in [2.75, 3.05) is 5.73 Å². The number of halogens is 11. The van der Waals surface area contributed by atoms with Crippen molar-refractivity contribution in [2.45, 2.75) is 27.1 Å². The average Bonchev–Trinajstić information content (AvgIpc) is 2.29. The number of nitrogen functional groups attached to an aromatic ring is 1. The van der Waals surface area contributed by atoms with Crippen molar-refractivity contribution in [1.29, 1.82) is 0 Å². The SMILES string of the molecule is Nc1c(Br)cc(C(F)(C(F)(F)F)C(F)(F)Br)cc1SC(F)(F)F. The zero-order valence-corrected chi connectivity index (χ0v) is 14.3. The highest BCUT2D eigenvalue weighted by molar-refractivity contribution is 9.10. The van der Waals surface area contributed by atoms with Gasteiger partial charge in [-0.05, 0) is 55.8 Å². The third-order valence-electron chi connectivity index (χ3n) is 2.50. The maximum atomic E-state index is 14.2. The van der Waals surface area contributed by atoms with E-state index in [0.29, 0.717) is 0 Å². The highest BCUT2D eigenvalue weighted by atomic mass is 79.9. The van der Waals surface area contributed by atoms with Gasteiger partial charge in [-0.1, -0.05) is 0 Å². The quantitative estimate of drug-likeness (QED) is 0.226. The molecule has 1 aromatic carbocycles.